The SMILES string of the molecule is Cc1ccc(S(=O)(=O)C(CC/C=C\CO)C(=O)O)cc1. The van der Waals surface area contributed by atoms with Crippen molar-refractivity contribution in [3.05, 3.63) is 42.0 Å². The van der Waals surface area contributed by atoms with Crippen molar-refractivity contribution in [2.75, 3.05) is 6.61 Å². The van der Waals surface area contributed by atoms with Crippen LogP contribution in [0.3, 0.4) is 0 Å². The fourth-order valence-electron chi connectivity index (χ4n) is 1.74. The summed E-state index contributed by atoms with van der Waals surface area (Å²) in [4.78, 5) is 11.2. The second-order valence-electron chi connectivity index (χ2n) is 4.42. The van der Waals surface area contributed by atoms with Crippen molar-refractivity contribution < 1.29 is 23.4 Å². The summed E-state index contributed by atoms with van der Waals surface area (Å²) in [6.45, 7) is 1.67. The number of aliphatic hydroxyl groups excluding tert-OH is 1. The Morgan fingerprint density at radius 1 is 1.25 bits per heavy atom. The van der Waals surface area contributed by atoms with Gasteiger partial charge >= 0.3 is 5.97 Å². The van der Waals surface area contributed by atoms with Crippen LogP contribution in [0.25, 0.3) is 0 Å². The number of allylic oxidation sites excluding steroid dienone is 1. The Kier molecular flexibility index (Phi) is 5.91. The second-order valence-corrected chi connectivity index (χ2v) is 6.55. The van der Waals surface area contributed by atoms with Gasteiger partial charge in [0, 0.05) is 0 Å². The van der Waals surface area contributed by atoms with Gasteiger partial charge in [0.25, 0.3) is 0 Å². The van der Waals surface area contributed by atoms with Gasteiger partial charge in [-0.2, -0.15) is 0 Å². The van der Waals surface area contributed by atoms with Gasteiger partial charge in [-0.25, -0.2) is 8.42 Å². The fraction of sp³-hybridized carbons (Fsp3) is 0.357. The molecule has 0 aliphatic carbocycles. The predicted molar refractivity (Wildman–Crippen MR) is 75.2 cm³/mol. The highest BCUT2D eigenvalue weighted by atomic mass is 32.2. The van der Waals surface area contributed by atoms with E-state index in [4.69, 9.17) is 10.2 Å². The third-order valence-electron chi connectivity index (χ3n) is 2.87. The van der Waals surface area contributed by atoms with E-state index in [1.807, 2.05) is 6.92 Å². The van der Waals surface area contributed by atoms with Gasteiger partial charge in [-0.1, -0.05) is 29.8 Å². The molecule has 0 saturated heterocycles. The summed E-state index contributed by atoms with van der Waals surface area (Å²) in [6, 6.07) is 6.11. The van der Waals surface area contributed by atoms with Gasteiger partial charge in [0.1, 0.15) is 0 Å². The van der Waals surface area contributed by atoms with Crippen molar-refractivity contribution in [2.24, 2.45) is 0 Å². The number of carboxylic acid groups (broad SMARTS) is 1. The summed E-state index contributed by atoms with van der Waals surface area (Å²) in [6.07, 6.45) is 3.28. The van der Waals surface area contributed by atoms with Gasteiger partial charge in [-0.15, -0.1) is 0 Å². The van der Waals surface area contributed by atoms with E-state index < -0.39 is 21.1 Å². The van der Waals surface area contributed by atoms with Crippen LogP contribution in [0.5, 0.6) is 0 Å². The first-order chi connectivity index (χ1) is 9.39. The summed E-state index contributed by atoms with van der Waals surface area (Å²) in [5, 5.41) is 16.2. The van der Waals surface area contributed by atoms with E-state index in [2.05, 4.69) is 0 Å². The first-order valence-electron chi connectivity index (χ1n) is 6.19. The van der Waals surface area contributed by atoms with Crippen LogP contribution in [0.15, 0.2) is 41.3 Å². The first kappa shape index (κ1) is 16.4. The van der Waals surface area contributed by atoms with E-state index in [0.717, 1.165) is 5.56 Å². The zero-order valence-corrected chi connectivity index (χ0v) is 12.0. The maximum atomic E-state index is 12.3. The maximum Gasteiger partial charge on any atom is 0.322 e. The highest BCUT2D eigenvalue weighted by Crippen LogP contribution is 2.20. The van der Waals surface area contributed by atoms with Crippen molar-refractivity contribution in [1.82, 2.24) is 0 Å². The van der Waals surface area contributed by atoms with Crippen LogP contribution >= 0.6 is 0 Å². The van der Waals surface area contributed by atoms with Crippen LogP contribution in [-0.2, 0) is 14.6 Å². The Hall–Kier alpha value is -1.66. The van der Waals surface area contributed by atoms with Crippen LogP contribution in [-0.4, -0.2) is 36.5 Å². The molecule has 0 fully saturated rings. The van der Waals surface area contributed by atoms with E-state index in [1.54, 1.807) is 18.2 Å². The molecule has 0 radical (unpaired) electrons. The van der Waals surface area contributed by atoms with Gasteiger partial charge in [-0.3, -0.25) is 4.79 Å². The van der Waals surface area contributed by atoms with Crippen LogP contribution in [0.2, 0.25) is 0 Å². The molecular formula is C14H18O5S. The molecule has 0 amide bonds. The molecule has 1 rings (SSSR count). The van der Waals surface area contributed by atoms with Gasteiger partial charge < -0.3 is 10.2 Å². The summed E-state index contributed by atoms with van der Waals surface area (Å²) >= 11 is 0. The Labute approximate surface area is 118 Å². The second kappa shape index (κ2) is 7.21. The molecule has 110 valence electrons. The molecule has 1 atom stereocenters. The highest BCUT2D eigenvalue weighted by molar-refractivity contribution is 7.92. The lowest BCUT2D eigenvalue weighted by Gasteiger charge is -2.13. The average molecular weight is 298 g/mol. The molecule has 20 heavy (non-hydrogen) atoms. The molecule has 0 aromatic heterocycles. The van der Waals surface area contributed by atoms with Crippen molar-refractivity contribution in [3.63, 3.8) is 0 Å². The van der Waals surface area contributed by atoms with Crippen LogP contribution in [0.1, 0.15) is 18.4 Å². The van der Waals surface area contributed by atoms with Crippen LogP contribution in [0.4, 0.5) is 0 Å². The lowest BCUT2D eigenvalue weighted by molar-refractivity contribution is -0.136. The summed E-state index contributed by atoms with van der Waals surface area (Å²) in [7, 11) is -3.90. The number of sulfone groups is 1. The number of aryl methyl sites for hydroxylation is 1. The summed E-state index contributed by atoms with van der Waals surface area (Å²) in [5.74, 6) is -1.36. The summed E-state index contributed by atoms with van der Waals surface area (Å²) < 4.78 is 24.6. The number of benzene rings is 1. The minimum absolute atomic E-state index is 0.0154. The number of aliphatic hydroxyl groups is 1. The lowest BCUT2D eigenvalue weighted by atomic mass is 10.2. The number of rotatable bonds is 7. The average Bonchev–Trinajstić information content (AvgIpc) is 2.38. The van der Waals surface area contributed by atoms with Gasteiger partial charge in [0.05, 0.1) is 11.5 Å². The monoisotopic (exact) mass is 298 g/mol. The fourth-order valence-corrected chi connectivity index (χ4v) is 3.30. The molecule has 0 saturated carbocycles. The Morgan fingerprint density at radius 3 is 2.35 bits per heavy atom. The molecule has 0 bridgehead atoms. The molecule has 1 aromatic rings. The number of carboxylic acids is 1. The zero-order valence-electron chi connectivity index (χ0n) is 11.2. The molecule has 6 heteroatoms. The van der Waals surface area contributed by atoms with Crippen molar-refractivity contribution in [2.45, 2.75) is 29.9 Å². The normalized spacial score (nSPS) is 13.5. The van der Waals surface area contributed by atoms with Crippen molar-refractivity contribution in [3.8, 4) is 0 Å². The van der Waals surface area contributed by atoms with E-state index in [9.17, 15) is 13.2 Å². The largest absolute Gasteiger partial charge is 0.480 e. The smallest absolute Gasteiger partial charge is 0.322 e. The lowest BCUT2D eigenvalue weighted by Crippen LogP contribution is -2.30. The third kappa shape index (κ3) is 4.18. The quantitative estimate of drug-likeness (QED) is 0.745. The Balaban J connectivity index is 2.97. The zero-order chi connectivity index (χ0) is 15.2. The molecule has 1 aromatic carbocycles. The molecular weight excluding hydrogens is 280 g/mol. The third-order valence-corrected chi connectivity index (χ3v) is 4.98. The minimum atomic E-state index is -3.90. The number of hydrogen-bond donors (Lipinski definition) is 2. The maximum absolute atomic E-state index is 12.3. The van der Waals surface area contributed by atoms with E-state index in [0.29, 0.717) is 0 Å². The van der Waals surface area contributed by atoms with E-state index in [1.165, 1.54) is 18.2 Å². The minimum Gasteiger partial charge on any atom is -0.480 e. The van der Waals surface area contributed by atoms with Crippen LogP contribution < -0.4 is 0 Å². The topological polar surface area (TPSA) is 91.7 Å². The van der Waals surface area contributed by atoms with Gasteiger partial charge in [0.2, 0.25) is 0 Å². The van der Waals surface area contributed by atoms with Crippen molar-refractivity contribution >= 4 is 15.8 Å². The number of hydrogen-bond acceptors (Lipinski definition) is 4. The van der Waals surface area contributed by atoms with E-state index in [-0.39, 0.29) is 24.3 Å². The summed E-state index contributed by atoms with van der Waals surface area (Å²) in [5.41, 5.74) is 0.904. The van der Waals surface area contributed by atoms with Gasteiger partial charge in [0.15, 0.2) is 15.1 Å². The van der Waals surface area contributed by atoms with Crippen molar-refractivity contribution in [1.29, 1.82) is 0 Å². The van der Waals surface area contributed by atoms with E-state index >= 15 is 0 Å². The number of carbonyl (C=O) groups is 1. The highest BCUT2D eigenvalue weighted by Gasteiger charge is 2.33. The Bertz CT molecular complexity index is 572. The molecule has 5 nitrogen and oxygen atoms in total. The molecule has 0 aliphatic rings. The predicted octanol–water partition coefficient (Wildman–Crippen LogP) is 1.55. The standard InChI is InChI=1S/C14H18O5S/c1-11-6-8-12(9-7-11)20(18,19)13(14(16)17)5-3-2-4-10-15/h2,4,6-9,13,15H,3,5,10H2,1H3,(H,16,17)/b4-2-. The Morgan fingerprint density at radius 2 is 1.85 bits per heavy atom. The first-order valence-corrected chi connectivity index (χ1v) is 7.73. The molecule has 1 unspecified atom stereocenters. The molecule has 2 N–H and O–H groups in total. The van der Waals surface area contributed by atoms with Crippen LogP contribution in [0, 0.1) is 6.92 Å². The molecule has 0 heterocycles. The molecule has 0 spiro atoms. The van der Waals surface area contributed by atoms with Gasteiger partial charge in [-0.05, 0) is 31.9 Å². The molecule has 0 aliphatic heterocycles. The number of aliphatic carboxylic acids is 1.